The van der Waals surface area contributed by atoms with E-state index in [-0.39, 0.29) is 30.0 Å². The quantitative estimate of drug-likeness (QED) is 0.139. The lowest BCUT2D eigenvalue weighted by Crippen LogP contribution is -2.15. The predicted octanol–water partition coefficient (Wildman–Crippen LogP) is 7.65. The highest BCUT2D eigenvalue weighted by Gasteiger charge is 2.11. The molecular weight excluding hydrogens is 564 g/mol. The van der Waals surface area contributed by atoms with Gasteiger partial charge in [-0.05, 0) is 90.5 Å². The van der Waals surface area contributed by atoms with E-state index in [0.717, 1.165) is 5.56 Å². The maximum Gasteiger partial charge on any atom is 0.255 e. The summed E-state index contributed by atoms with van der Waals surface area (Å²) in [6, 6.07) is 38.3. The average molecular weight is 599 g/mol. The molecule has 0 saturated carbocycles. The Hall–Kier alpha value is -6.02. The van der Waals surface area contributed by atoms with Crippen LogP contribution >= 0.6 is 0 Å². The fraction of sp³-hybridized carbons (Fsp3) is 0.0811. The van der Waals surface area contributed by atoms with E-state index < -0.39 is 0 Å². The summed E-state index contributed by atoms with van der Waals surface area (Å²) in [5.41, 5.74) is 4.59. The zero-order valence-electron chi connectivity index (χ0n) is 25.0. The van der Waals surface area contributed by atoms with Crippen LogP contribution in [0.5, 0.6) is 0 Å². The van der Waals surface area contributed by atoms with E-state index in [2.05, 4.69) is 21.3 Å². The van der Waals surface area contributed by atoms with Gasteiger partial charge in [0.15, 0.2) is 0 Å². The van der Waals surface area contributed by atoms with E-state index in [1.807, 2.05) is 50.2 Å². The normalized spacial score (nSPS) is 10.0. The molecule has 0 aliphatic carbocycles. The number of amides is 4. The van der Waals surface area contributed by atoms with Crippen LogP contribution in [-0.2, 0) is 11.2 Å². The van der Waals surface area contributed by atoms with Gasteiger partial charge in [-0.3, -0.25) is 19.2 Å². The van der Waals surface area contributed by atoms with Crippen LogP contribution in [-0.4, -0.2) is 23.6 Å². The molecule has 0 aromatic heterocycles. The van der Waals surface area contributed by atoms with E-state index in [4.69, 9.17) is 0 Å². The Bertz CT molecular complexity index is 1720. The third-order valence-corrected chi connectivity index (χ3v) is 6.48. The standard InChI is InChI=1S/C35H28N4O4.C2H6/c40-32(23-24-7-3-1-4-8-24)36-28-15-17-29(18-16-28)38-34(42)26-11-13-27(14-12-26)35(43)39-31-21-19-30(20-22-31)37-33(41)25-9-5-2-6-10-25;1-2/h1-22H,23H2,(H,36,40)(H,37,41)(H,38,42)(H,39,43);1-2H3. The number of rotatable bonds is 9. The first kappa shape index (κ1) is 31.9. The summed E-state index contributed by atoms with van der Waals surface area (Å²) >= 11 is 0. The van der Waals surface area contributed by atoms with Gasteiger partial charge in [0.25, 0.3) is 17.7 Å². The average Bonchev–Trinajstić information content (AvgIpc) is 3.08. The summed E-state index contributed by atoms with van der Waals surface area (Å²) in [4.78, 5) is 50.1. The second-order valence-corrected chi connectivity index (χ2v) is 9.67. The van der Waals surface area contributed by atoms with Gasteiger partial charge in [-0.25, -0.2) is 0 Å². The van der Waals surface area contributed by atoms with Gasteiger partial charge in [0.2, 0.25) is 5.91 Å². The second kappa shape index (κ2) is 16.0. The molecule has 0 bridgehead atoms. The monoisotopic (exact) mass is 598 g/mol. The van der Waals surface area contributed by atoms with Crippen molar-refractivity contribution in [1.82, 2.24) is 0 Å². The Labute approximate surface area is 262 Å². The summed E-state index contributed by atoms with van der Waals surface area (Å²) in [6.45, 7) is 4.00. The molecule has 8 heteroatoms. The van der Waals surface area contributed by atoms with Crippen molar-refractivity contribution in [3.8, 4) is 0 Å². The lowest BCUT2D eigenvalue weighted by molar-refractivity contribution is -0.115. The van der Waals surface area contributed by atoms with E-state index in [9.17, 15) is 19.2 Å². The molecule has 45 heavy (non-hydrogen) atoms. The summed E-state index contributed by atoms with van der Waals surface area (Å²) in [5, 5.41) is 11.3. The van der Waals surface area contributed by atoms with Crippen molar-refractivity contribution in [3.05, 3.63) is 156 Å². The lowest BCUT2D eigenvalue weighted by Gasteiger charge is -2.10. The Morgan fingerprint density at radius 1 is 0.400 bits per heavy atom. The fourth-order valence-electron chi connectivity index (χ4n) is 4.23. The minimum atomic E-state index is -0.335. The summed E-state index contributed by atoms with van der Waals surface area (Å²) in [5.74, 6) is -1.02. The molecule has 4 N–H and O–H groups in total. The predicted molar refractivity (Wildman–Crippen MR) is 180 cm³/mol. The van der Waals surface area contributed by atoms with E-state index in [1.165, 1.54) is 0 Å². The molecule has 0 saturated heterocycles. The van der Waals surface area contributed by atoms with E-state index >= 15 is 0 Å². The van der Waals surface area contributed by atoms with Gasteiger partial charge in [0.1, 0.15) is 0 Å². The number of hydrogen-bond donors (Lipinski definition) is 4. The first-order valence-corrected chi connectivity index (χ1v) is 14.6. The maximum absolute atomic E-state index is 12.7. The molecule has 0 atom stereocenters. The first-order valence-electron chi connectivity index (χ1n) is 14.6. The molecule has 0 heterocycles. The van der Waals surface area contributed by atoms with Crippen LogP contribution < -0.4 is 21.3 Å². The van der Waals surface area contributed by atoms with Crippen molar-refractivity contribution < 1.29 is 19.2 Å². The maximum atomic E-state index is 12.7. The minimum absolute atomic E-state index is 0.128. The molecule has 226 valence electrons. The van der Waals surface area contributed by atoms with E-state index in [0.29, 0.717) is 39.4 Å². The van der Waals surface area contributed by atoms with Crippen LogP contribution in [0.1, 0.15) is 50.5 Å². The van der Waals surface area contributed by atoms with Crippen molar-refractivity contribution in [3.63, 3.8) is 0 Å². The van der Waals surface area contributed by atoms with Gasteiger partial charge >= 0.3 is 0 Å². The topological polar surface area (TPSA) is 116 Å². The zero-order chi connectivity index (χ0) is 32.0. The number of nitrogens with one attached hydrogen (secondary N) is 4. The molecule has 0 unspecified atom stereocenters. The Morgan fingerprint density at radius 2 is 0.711 bits per heavy atom. The molecule has 0 radical (unpaired) electrons. The van der Waals surface area contributed by atoms with Crippen molar-refractivity contribution in [2.75, 3.05) is 21.3 Å². The van der Waals surface area contributed by atoms with Crippen LogP contribution in [0.3, 0.4) is 0 Å². The zero-order valence-corrected chi connectivity index (χ0v) is 25.0. The van der Waals surface area contributed by atoms with E-state index in [1.54, 1.807) is 97.1 Å². The minimum Gasteiger partial charge on any atom is -0.326 e. The Morgan fingerprint density at radius 3 is 1.09 bits per heavy atom. The highest BCUT2D eigenvalue weighted by molar-refractivity contribution is 6.08. The van der Waals surface area contributed by atoms with Gasteiger partial charge in [-0.2, -0.15) is 0 Å². The molecule has 0 aliphatic rings. The largest absolute Gasteiger partial charge is 0.326 e. The highest BCUT2D eigenvalue weighted by Crippen LogP contribution is 2.18. The van der Waals surface area contributed by atoms with Crippen molar-refractivity contribution in [2.24, 2.45) is 0 Å². The molecule has 5 aromatic rings. The number of carbonyl (C=O) groups is 4. The molecule has 0 spiro atoms. The van der Waals surface area contributed by atoms with Crippen LogP contribution in [0.4, 0.5) is 22.7 Å². The molecule has 8 nitrogen and oxygen atoms in total. The third-order valence-electron chi connectivity index (χ3n) is 6.48. The van der Waals surface area contributed by atoms with Crippen LogP contribution in [0, 0.1) is 0 Å². The van der Waals surface area contributed by atoms with Crippen molar-refractivity contribution in [1.29, 1.82) is 0 Å². The second-order valence-electron chi connectivity index (χ2n) is 9.67. The van der Waals surface area contributed by atoms with Crippen LogP contribution in [0.25, 0.3) is 0 Å². The summed E-state index contributed by atoms with van der Waals surface area (Å²) in [6.07, 6.45) is 0.272. The SMILES string of the molecule is CC.O=C(Cc1ccccc1)Nc1ccc(NC(=O)c2ccc(C(=O)Nc3ccc(NC(=O)c4ccccc4)cc3)cc2)cc1. The first-order chi connectivity index (χ1) is 21.9. The van der Waals surface area contributed by atoms with Crippen LogP contribution in [0.15, 0.2) is 133 Å². The molecule has 0 fully saturated rings. The van der Waals surface area contributed by atoms with Gasteiger partial charge in [-0.1, -0.05) is 62.4 Å². The molecule has 5 aromatic carbocycles. The number of hydrogen-bond acceptors (Lipinski definition) is 4. The van der Waals surface area contributed by atoms with Gasteiger partial charge in [0, 0.05) is 39.4 Å². The smallest absolute Gasteiger partial charge is 0.255 e. The Balaban J connectivity index is 0.00000226. The molecule has 4 amide bonds. The Kier molecular flexibility index (Phi) is 11.3. The lowest BCUT2D eigenvalue weighted by atomic mass is 10.1. The summed E-state index contributed by atoms with van der Waals surface area (Å²) < 4.78 is 0. The third kappa shape index (κ3) is 9.49. The van der Waals surface area contributed by atoms with Gasteiger partial charge < -0.3 is 21.3 Å². The van der Waals surface area contributed by atoms with Gasteiger partial charge in [-0.15, -0.1) is 0 Å². The fourth-order valence-corrected chi connectivity index (χ4v) is 4.23. The number of carbonyl (C=O) groups excluding carboxylic acids is 4. The number of benzene rings is 5. The van der Waals surface area contributed by atoms with Crippen molar-refractivity contribution >= 4 is 46.4 Å². The molecule has 5 rings (SSSR count). The number of anilines is 4. The van der Waals surface area contributed by atoms with Crippen LogP contribution in [0.2, 0.25) is 0 Å². The van der Waals surface area contributed by atoms with Gasteiger partial charge in [0.05, 0.1) is 6.42 Å². The molecular formula is C37H34N4O4. The molecule has 0 aliphatic heterocycles. The van der Waals surface area contributed by atoms with Crippen molar-refractivity contribution in [2.45, 2.75) is 20.3 Å². The summed E-state index contributed by atoms with van der Waals surface area (Å²) in [7, 11) is 0. The highest BCUT2D eigenvalue weighted by atomic mass is 16.2.